The molecule has 2 aromatic carbocycles. The summed E-state index contributed by atoms with van der Waals surface area (Å²) in [5.74, 6) is 0. The molecular weight excluding hydrogens is 334 g/mol. The number of aromatic nitrogens is 2. The Morgan fingerprint density at radius 2 is 1.72 bits per heavy atom. The van der Waals surface area contributed by atoms with Gasteiger partial charge in [0.1, 0.15) is 10.6 Å². The van der Waals surface area contributed by atoms with E-state index in [1.165, 1.54) is 4.31 Å². The second kappa shape index (κ2) is 5.74. The van der Waals surface area contributed by atoms with Crippen molar-refractivity contribution in [1.82, 2.24) is 9.78 Å². The molecule has 3 aromatic rings. The highest BCUT2D eigenvalue weighted by Gasteiger charge is 2.38. The van der Waals surface area contributed by atoms with E-state index >= 15 is 0 Å². The summed E-state index contributed by atoms with van der Waals surface area (Å²) in [6.07, 6.45) is 2.31. The third kappa shape index (κ3) is 2.53. The van der Waals surface area contributed by atoms with Crippen molar-refractivity contribution in [2.45, 2.75) is 24.3 Å². The molecular formula is C19H19N3O2S. The lowest BCUT2D eigenvalue weighted by molar-refractivity contribution is 0.584. The minimum absolute atomic E-state index is 0.119. The van der Waals surface area contributed by atoms with E-state index in [1.807, 2.05) is 61.5 Å². The van der Waals surface area contributed by atoms with E-state index < -0.39 is 10.0 Å². The van der Waals surface area contributed by atoms with Gasteiger partial charge in [0.2, 0.25) is 0 Å². The monoisotopic (exact) mass is 353 g/mol. The number of sulfonamides is 1. The van der Waals surface area contributed by atoms with Crippen molar-refractivity contribution < 1.29 is 8.42 Å². The molecule has 25 heavy (non-hydrogen) atoms. The number of nitrogens with zero attached hydrogens (tertiary/aromatic N) is 3. The zero-order chi connectivity index (χ0) is 17.6. The molecule has 1 aliphatic heterocycles. The third-order valence-corrected chi connectivity index (χ3v) is 6.45. The Labute approximate surface area is 147 Å². The van der Waals surface area contributed by atoms with Gasteiger partial charge in [0.15, 0.2) is 0 Å². The first-order valence-electron chi connectivity index (χ1n) is 8.20. The highest BCUT2D eigenvalue weighted by atomic mass is 32.2. The molecule has 0 N–H and O–H groups in total. The predicted molar refractivity (Wildman–Crippen MR) is 97.9 cm³/mol. The number of para-hydroxylation sites is 1. The van der Waals surface area contributed by atoms with Crippen LogP contribution in [0.15, 0.2) is 65.7 Å². The van der Waals surface area contributed by atoms with Crippen LogP contribution in [0.4, 0.5) is 5.69 Å². The fourth-order valence-electron chi connectivity index (χ4n) is 3.46. The molecule has 0 bridgehead atoms. The molecule has 1 aliphatic rings. The van der Waals surface area contributed by atoms with Crippen LogP contribution < -0.4 is 4.31 Å². The zero-order valence-corrected chi connectivity index (χ0v) is 14.9. The lowest BCUT2D eigenvalue weighted by Gasteiger charge is -2.24. The molecule has 5 nitrogen and oxygen atoms in total. The van der Waals surface area contributed by atoms with Gasteiger partial charge in [-0.1, -0.05) is 48.5 Å². The Balaban J connectivity index is 1.88. The predicted octanol–water partition coefficient (Wildman–Crippen LogP) is 3.23. The fourth-order valence-corrected chi connectivity index (χ4v) is 5.35. The second-order valence-corrected chi connectivity index (χ2v) is 8.15. The first-order valence-corrected chi connectivity index (χ1v) is 9.64. The summed E-state index contributed by atoms with van der Waals surface area (Å²) in [6, 6.07) is 17.0. The minimum atomic E-state index is -3.71. The number of hydrogen-bond acceptors (Lipinski definition) is 3. The topological polar surface area (TPSA) is 55.2 Å². The number of benzene rings is 2. The minimum Gasteiger partial charge on any atom is -0.274 e. The second-order valence-electron chi connectivity index (χ2n) is 6.36. The molecule has 0 fully saturated rings. The van der Waals surface area contributed by atoms with E-state index in [4.69, 9.17) is 0 Å². The van der Waals surface area contributed by atoms with E-state index in [1.54, 1.807) is 17.9 Å². The largest absolute Gasteiger partial charge is 0.274 e. The lowest BCUT2D eigenvalue weighted by Crippen LogP contribution is -2.35. The fraction of sp³-hybridized carbons (Fsp3) is 0.211. The average Bonchev–Trinajstić information content (AvgIpc) is 3.15. The Morgan fingerprint density at radius 3 is 2.48 bits per heavy atom. The van der Waals surface area contributed by atoms with Crippen LogP contribution in [0.5, 0.6) is 0 Å². The lowest BCUT2D eigenvalue weighted by atomic mass is 10.1. The molecule has 6 heteroatoms. The normalized spacial score (nSPS) is 16.9. The van der Waals surface area contributed by atoms with Gasteiger partial charge in [-0.2, -0.15) is 5.10 Å². The van der Waals surface area contributed by atoms with Gasteiger partial charge in [0, 0.05) is 24.8 Å². The van der Waals surface area contributed by atoms with Crippen LogP contribution in [0.1, 0.15) is 12.5 Å². The maximum absolute atomic E-state index is 13.5. The molecule has 0 saturated carbocycles. The molecule has 0 radical (unpaired) electrons. The molecule has 1 atom stereocenters. The highest BCUT2D eigenvalue weighted by Crippen LogP contribution is 2.38. The summed E-state index contributed by atoms with van der Waals surface area (Å²) in [4.78, 5) is 0.241. The van der Waals surface area contributed by atoms with Gasteiger partial charge < -0.3 is 0 Å². The van der Waals surface area contributed by atoms with Crippen molar-refractivity contribution in [3.05, 3.63) is 66.4 Å². The van der Waals surface area contributed by atoms with E-state index in [9.17, 15) is 8.42 Å². The van der Waals surface area contributed by atoms with Crippen molar-refractivity contribution in [2.24, 2.45) is 7.05 Å². The van der Waals surface area contributed by atoms with Crippen molar-refractivity contribution in [1.29, 1.82) is 0 Å². The van der Waals surface area contributed by atoms with Crippen LogP contribution in [0.25, 0.3) is 11.3 Å². The van der Waals surface area contributed by atoms with Crippen molar-refractivity contribution >= 4 is 15.7 Å². The van der Waals surface area contributed by atoms with E-state index in [0.717, 1.165) is 23.2 Å². The Kier molecular flexibility index (Phi) is 3.65. The number of hydrogen-bond donors (Lipinski definition) is 0. The van der Waals surface area contributed by atoms with Gasteiger partial charge in [0.05, 0.1) is 5.69 Å². The quantitative estimate of drug-likeness (QED) is 0.726. The van der Waals surface area contributed by atoms with Gasteiger partial charge >= 0.3 is 0 Å². The van der Waals surface area contributed by atoms with Crippen LogP contribution in [0.2, 0.25) is 0 Å². The van der Waals surface area contributed by atoms with E-state index in [-0.39, 0.29) is 10.9 Å². The Morgan fingerprint density at radius 1 is 1.04 bits per heavy atom. The zero-order valence-electron chi connectivity index (χ0n) is 14.1. The standard InChI is InChI=1S/C19H19N3O2S/c1-14-12-16-10-6-7-11-17(16)22(14)25(23,24)18-13-21(2)20-19(18)15-8-4-3-5-9-15/h3-11,13-14H,12H2,1-2H3. The van der Waals surface area contributed by atoms with Crippen LogP contribution in [0, 0.1) is 0 Å². The Hall–Kier alpha value is -2.60. The number of fused-ring (bicyclic) bond motifs is 1. The average molecular weight is 353 g/mol. The molecule has 4 rings (SSSR count). The molecule has 2 heterocycles. The molecule has 0 aliphatic carbocycles. The van der Waals surface area contributed by atoms with E-state index in [0.29, 0.717) is 5.69 Å². The number of rotatable bonds is 3. The van der Waals surface area contributed by atoms with Gasteiger partial charge in [0.25, 0.3) is 10.0 Å². The molecule has 0 amide bonds. The SMILES string of the molecule is CC1Cc2ccccc2N1S(=O)(=O)c1cn(C)nc1-c1ccccc1. The van der Waals surface area contributed by atoms with Crippen molar-refractivity contribution in [2.75, 3.05) is 4.31 Å². The summed E-state index contributed by atoms with van der Waals surface area (Å²) in [6.45, 7) is 1.94. The summed E-state index contributed by atoms with van der Waals surface area (Å²) in [5, 5.41) is 4.41. The number of anilines is 1. The maximum atomic E-state index is 13.5. The van der Waals surface area contributed by atoms with Crippen LogP contribution in [-0.2, 0) is 23.5 Å². The van der Waals surface area contributed by atoms with Crippen molar-refractivity contribution in [3.63, 3.8) is 0 Å². The first-order chi connectivity index (χ1) is 12.0. The smallest absolute Gasteiger partial charge is 0.268 e. The van der Waals surface area contributed by atoms with Gasteiger partial charge in [-0.15, -0.1) is 0 Å². The summed E-state index contributed by atoms with van der Waals surface area (Å²) in [7, 11) is -1.97. The summed E-state index contributed by atoms with van der Waals surface area (Å²) >= 11 is 0. The Bertz CT molecular complexity index is 1030. The van der Waals surface area contributed by atoms with Gasteiger partial charge in [-0.25, -0.2) is 8.42 Å². The van der Waals surface area contributed by atoms with Crippen LogP contribution in [-0.4, -0.2) is 24.2 Å². The summed E-state index contributed by atoms with van der Waals surface area (Å²) in [5.41, 5.74) is 3.10. The molecule has 0 saturated heterocycles. The van der Waals surface area contributed by atoms with Crippen LogP contribution in [0.3, 0.4) is 0 Å². The molecule has 1 unspecified atom stereocenters. The maximum Gasteiger partial charge on any atom is 0.268 e. The van der Waals surface area contributed by atoms with Gasteiger partial charge in [-0.05, 0) is 25.0 Å². The van der Waals surface area contributed by atoms with Gasteiger partial charge in [-0.3, -0.25) is 8.99 Å². The highest BCUT2D eigenvalue weighted by molar-refractivity contribution is 7.93. The van der Waals surface area contributed by atoms with Crippen molar-refractivity contribution in [3.8, 4) is 11.3 Å². The first kappa shape index (κ1) is 15.9. The molecule has 128 valence electrons. The number of aryl methyl sites for hydroxylation is 1. The molecule has 1 aromatic heterocycles. The molecule has 0 spiro atoms. The van der Waals surface area contributed by atoms with E-state index in [2.05, 4.69) is 5.10 Å². The third-order valence-electron chi connectivity index (χ3n) is 4.52. The summed E-state index contributed by atoms with van der Waals surface area (Å²) < 4.78 is 30.1. The van der Waals surface area contributed by atoms with Crippen LogP contribution >= 0.6 is 0 Å².